The van der Waals surface area contributed by atoms with E-state index in [9.17, 15) is 9.18 Å². The minimum Gasteiger partial charge on any atom is -0.473 e. The van der Waals surface area contributed by atoms with Crippen LogP contribution in [0.5, 0.6) is 5.88 Å². The number of ether oxygens (including phenoxy) is 1. The van der Waals surface area contributed by atoms with E-state index in [4.69, 9.17) is 14.8 Å². The van der Waals surface area contributed by atoms with E-state index in [-0.39, 0.29) is 24.9 Å². The molecule has 0 saturated carbocycles. The van der Waals surface area contributed by atoms with Gasteiger partial charge in [-0.1, -0.05) is 91.0 Å². The Balaban J connectivity index is 1.51. The van der Waals surface area contributed by atoms with E-state index < -0.39 is 11.9 Å². The second kappa shape index (κ2) is 13.2. The van der Waals surface area contributed by atoms with Crippen LogP contribution in [0.25, 0.3) is 16.8 Å². The van der Waals surface area contributed by atoms with Crippen molar-refractivity contribution in [2.45, 2.75) is 32.7 Å². The van der Waals surface area contributed by atoms with Gasteiger partial charge in [-0.3, -0.25) is 4.79 Å². The molecule has 1 atom stereocenters. The van der Waals surface area contributed by atoms with Crippen LogP contribution in [-0.2, 0) is 19.6 Å². The molecule has 47 heavy (non-hydrogen) atoms. The number of pyridine rings is 1. The fourth-order valence-electron chi connectivity index (χ4n) is 5.74. The topological polar surface area (TPSA) is 96.7 Å². The molecule has 1 aliphatic heterocycles. The molecular weight excluding hydrogens is 661 g/mol. The van der Waals surface area contributed by atoms with Gasteiger partial charge >= 0.3 is 0 Å². The molecule has 0 fully saturated rings. The Morgan fingerprint density at radius 1 is 0.936 bits per heavy atom. The average molecular weight is 693 g/mol. The molecule has 3 aromatic heterocycles. The molecule has 0 unspecified atom stereocenters. The van der Waals surface area contributed by atoms with Crippen molar-refractivity contribution in [2.75, 3.05) is 16.8 Å². The zero-order valence-corrected chi connectivity index (χ0v) is 27.1. The summed E-state index contributed by atoms with van der Waals surface area (Å²) in [6, 6.07) is 31.7. The van der Waals surface area contributed by atoms with Crippen LogP contribution in [0, 0.1) is 5.82 Å². The molecule has 9 nitrogen and oxygen atoms in total. The summed E-state index contributed by atoms with van der Waals surface area (Å²) in [5.74, 6) is 0.664. The fourth-order valence-corrected chi connectivity index (χ4v) is 6.26. The Hall–Kier alpha value is -5.29. The Morgan fingerprint density at radius 2 is 1.57 bits per heavy atom. The molecule has 3 aromatic carbocycles. The highest BCUT2D eigenvalue weighted by Crippen LogP contribution is 2.40. The summed E-state index contributed by atoms with van der Waals surface area (Å²) in [6.45, 7) is 3.25. The van der Waals surface area contributed by atoms with Crippen molar-refractivity contribution in [2.24, 2.45) is 0 Å². The predicted octanol–water partition coefficient (Wildman–Crippen LogP) is 7.02. The summed E-state index contributed by atoms with van der Waals surface area (Å²) < 4.78 is 22.7. The van der Waals surface area contributed by atoms with E-state index in [1.807, 2.05) is 73.7 Å². The number of anilines is 2. The van der Waals surface area contributed by atoms with Gasteiger partial charge in [0.2, 0.25) is 5.88 Å². The quantitative estimate of drug-likeness (QED) is 0.194. The maximum absolute atomic E-state index is 14.5. The van der Waals surface area contributed by atoms with E-state index >= 15 is 0 Å². The molecule has 11 heteroatoms. The van der Waals surface area contributed by atoms with Gasteiger partial charge in [0.15, 0.2) is 5.65 Å². The lowest BCUT2D eigenvalue weighted by Gasteiger charge is -2.29. The standard InChI is InChI=1S/C36H31BrFN7O2/c1-23-18-40-34(46)30-31(37)43-45-33(30)42-32(39-19-27-17-28(38)20-41-35(27)47-23)29(26-15-9-4-10-16-26)36(45)44(21-24-11-5-2-6-12-24)22-25-13-7-3-8-14-25/h2-17,20,23H,18-19,21-22H2,1H3,(H,39,42)(H,40,46)/t23-/m0/s1. The van der Waals surface area contributed by atoms with Crippen LogP contribution in [0.4, 0.5) is 16.0 Å². The Bertz CT molecular complexity index is 2000. The second-order valence-electron chi connectivity index (χ2n) is 11.4. The zero-order valence-electron chi connectivity index (χ0n) is 25.5. The average Bonchev–Trinajstić information content (AvgIpc) is 3.42. The Morgan fingerprint density at radius 3 is 2.23 bits per heavy atom. The highest BCUT2D eigenvalue weighted by molar-refractivity contribution is 9.10. The second-order valence-corrected chi connectivity index (χ2v) is 12.1. The summed E-state index contributed by atoms with van der Waals surface area (Å²) in [5, 5.41) is 11.3. The summed E-state index contributed by atoms with van der Waals surface area (Å²) >= 11 is 3.58. The molecule has 2 N–H and O–H groups in total. The third-order valence-electron chi connectivity index (χ3n) is 7.92. The van der Waals surface area contributed by atoms with Crippen molar-refractivity contribution in [1.29, 1.82) is 0 Å². The summed E-state index contributed by atoms with van der Waals surface area (Å²) in [6.07, 6.45) is 0.681. The number of benzene rings is 3. The van der Waals surface area contributed by atoms with E-state index in [1.54, 1.807) is 4.52 Å². The normalized spacial score (nSPS) is 14.6. The molecule has 6 aromatic rings. The van der Waals surface area contributed by atoms with Gasteiger partial charge in [0.25, 0.3) is 5.91 Å². The van der Waals surface area contributed by atoms with Gasteiger partial charge in [0.05, 0.1) is 18.3 Å². The smallest absolute Gasteiger partial charge is 0.258 e. The number of nitrogens with zero attached hydrogens (tertiary/aromatic N) is 5. The van der Waals surface area contributed by atoms with Crippen LogP contribution in [-0.4, -0.2) is 38.1 Å². The van der Waals surface area contributed by atoms with Gasteiger partial charge < -0.3 is 20.3 Å². The predicted molar refractivity (Wildman–Crippen MR) is 183 cm³/mol. The first-order chi connectivity index (χ1) is 22.9. The zero-order chi connectivity index (χ0) is 32.3. The van der Waals surface area contributed by atoms with Crippen molar-refractivity contribution in [3.8, 4) is 17.0 Å². The van der Waals surface area contributed by atoms with Crippen LogP contribution in [0.15, 0.2) is 108 Å². The van der Waals surface area contributed by atoms with Crippen molar-refractivity contribution in [1.82, 2.24) is 24.9 Å². The molecule has 1 amide bonds. The highest BCUT2D eigenvalue weighted by atomic mass is 79.9. The number of aromatic nitrogens is 4. The number of hydrogen-bond donors (Lipinski definition) is 2. The van der Waals surface area contributed by atoms with Crippen molar-refractivity contribution in [3.63, 3.8) is 0 Å². The van der Waals surface area contributed by atoms with E-state index in [2.05, 4.69) is 60.7 Å². The fraction of sp³-hybridized carbons (Fsp3) is 0.167. The number of amides is 1. The molecule has 4 heterocycles. The molecule has 0 saturated heterocycles. The van der Waals surface area contributed by atoms with Crippen LogP contribution in [0.1, 0.15) is 34.0 Å². The minimum atomic E-state index is -0.481. The van der Waals surface area contributed by atoms with Crippen LogP contribution in [0.2, 0.25) is 0 Å². The summed E-state index contributed by atoms with van der Waals surface area (Å²) in [5.41, 5.74) is 5.02. The first-order valence-corrected chi connectivity index (χ1v) is 16.1. The molecule has 0 aliphatic carbocycles. The lowest BCUT2D eigenvalue weighted by Crippen LogP contribution is -2.34. The minimum absolute atomic E-state index is 0.165. The van der Waals surface area contributed by atoms with Gasteiger partial charge in [-0.25, -0.2) is 14.4 Å². The van der Waals surface area contributed by atoms with E-state index in [1.165, 1.54) is 6.07 Å². The van der Waals surface area contributed by atoms with Gasteiger partial charge in [-0.2, -0.15) is 9.61 Å². The van der Waals surface area contributed by atoms with Gasteiger partial charge in [-0.15, -0.1) is 0 Å². The molecule has 0 radical (unpaired) electrons. The number of nitrogens with one attached hydrogen (secondary N) is 2. The molecule has 7 rings (SSSR count). The van der Waals surface area contributed by atoms with E-state index in [0.29, 0.717) is 40.3 Å². The monoisotopic (exact) mass is 691 g/mol. The SMILES string of the molecule is C[C@H]1CNC(=O)c2c(Br)nn3c(N(Cc4ccccc4)Cc4ccccc4)c(-c4ccccc4)c(nc23)NCc2cc(F)cnc2O1. The van der Waals surface area contributed by atoms with Crippen LogP contribution in [0.3, 0.4) is 0 Å². The van der Waals surface area contributed by atoms with Gasteiger partial charge in [0.1, 0.15) is 33.7 Å². The largest absolute Gasteiger partial charge is 0.473 e. The Kier molecular flexibility index (Phi) is 8.54. The van der Waals surface area contributed by atoms with Crippen LogP contribution < -0.4 is 20.3 Å². The summed E-state index contributed by atoms with van der Waals surface area (Å²) in [7, 11) is 0. The first-order valence-electron chi connectivity index (χ1n) is 15.3. The van der Waals surface area contributed by atoms with Crippen molar-refractivity contribution in [3.05, 3.63) is 136 Å². The third kappa shape index (κ3) is 6.39. The molecule has 0 spiro atoms. The number of fused-ring (bicyclic) bond motifs is 2. The van der Waals surface area contributed by atoms with Crippen molar-refractivity contribution >= 4 is 39.1 Å². The maximum Gasteiger partial charge on any atom is 0.258 e. The van der Waals surface area contributed by atoms with Gasteiger partial charge in [0, 0.05) is 25.2 Å². The summed E-state index contributed by atoms with van der Waals surface area (Å²) in [4.78, 5) is 25.3. The molecule has 1 aliphatic rings. The molecular formula is C36H31BrFN7O2. The first kappa shape index (κ1) is 30.4. The highest BCUT2D eigenvalue weighted by Gasteiger charge is 2.29. The van der Waals surface area contributed by atoms with Crippen LogP contribution >= 0.6 is 15.9 Å². The van der Waals surface area contributed by atoms with Gasteiger partial charge in [-0.05, 0) is 45.6 Å². The maximum atomic E-state index is 14.5. The van der Waals surface area contributed by atoms with E-state index in [0.717, 1.165) is 34.3 Å². The number of halogens is 2. The number of carbonyl (C=O) groups excluding carboxylic acids is 1. The lowest BCUT2D eigenvalue weighted by molar-refractivity contribution is 0.0931. The van der Waals surface area contributed by atoms with Crippen molar-refractivity contribution < 1.29 is 13.9 Å². The molecule has 236 valence electrons. The third-order valence-corrected chi connectivity index (χ3v) is 8.47. The lowest BCUT2D eigenvalue weighted by atomic mass is 10.0. The Labute approximate surface area is 279 Å². The number of rotatable bonds is 6. The number of carbonyl (C=O) groups is 1. The number of hydrogen-bond acceptors (Lipinski definition) is 7. The molecule has 2 bridgehead atoms.